The second-order valence-electron chi connectivity index (χ2n) is 4.49. The predicted molar refractivity (Wildman–Crippen MR) is 58.2 cm³/mol. The topological polar surface area (TPSA) is 38.9 Å². The van der Waals surface area contributed by atoms with Crippen LogP contribution in [0.25, 0.3) is 0 Å². The summed E-state index contributed by atoms with van der Waals surface area (Å²) in [7, 11) is 0. The van der Waals surface area contributed by atoms with E-state index in [1.165, 1.54) is 0 Å². The zero-order valence-electron chi connectivity index (χ0n) is 8.82. The molecule has 1 aromatic rings. The lowest BCUT2D eigenvalue weighted by atomic mass is 9.81. The molecule has 3 heteroatoms. The van der Waals surface area contributed by atoms with Crippen molar-refractivity contribution in [2.75, 3.05) is 0 Å². The van der Waals surface area contributed by atoms with Crippen LogP contribution in [-0.4, -0.2) is 16.7 Å². The van der Waals surface area contributed by atoms with Crippen molar-refractivity contribution in [3.8, 4) is 0 Å². The monoisotopic (exact) mass is 208 g/mol. The highest BCUT2D eigenvalue weighted by molar-refractivity contribution is 5.08. The van der Waals surface area contributed by atoms with Crippen LogP contribution in [0.15, 0.2) is 24.4 Å². The first kappa shape index (κ1) is 10.6. The first-order valence-electron chi connectivity index (χ1n) is 5.52. The number of nitrogens with zero attached hydrogens (tertiary/aromatic N) is 1. The fourth-order valence-corrected chi connectivity index (χ4v) is 2.16. The molecule has 0 spiro atoms. The molecule has 0 atom stereocenters. The molecule has 0 saturated heterocycles. The molecule has 82 valence electrons. The van der Waals surface area contributed by atoms with Gasteiger partial charge in [0.05, 0.1) is 0 Å². The van der Waals surface area contributed by atoms with Gasteiger partial charge in [-0.1, -0.05) is 6.07 Å². The Kier molecular flexibility index (Phi) is 3.00. The molecule has 0 amide bonds. The summed E-state index contributed by atoms with van der Waals surface area (Å²) in [6.07, 6.45) is 4.88. The largest absolute Gasteiger partial charge is 0.328 e. The number of nitrogens with two attached hydrogens (primary N) is 1. The van der Waals surface area contributed by atoms with Crippen molar-refractivity contribution in [2.24, 2.45) is 5.73 Å². The van der Waals surface area contributed by atoms with Crippen LogP contribution in [0.2, 0.25) is 0 Å². The van der Waals surface area contributed by atoms with Crippen LogP contribution in [0.1, 0.15) is 31.4 Å². The van der Waals surface area contributed by atoms with E-state index in [0.717, 1.165) is 18.5 Å². The maximum atomic E-state index is 14.3. The van der Waals surface area contributed by atoms with Crippen LogP contribution < -0.4 is 5.73 Å². The lowest BCUT2D eigenvalue weighted by Gasteiger charge is -2.32. The summed E-state index contributed by atoms with van der Waals surface area (Å²) < 4.78 is 14.3. The maximum absolute atomic E-state index is 14.3. The summed E-state index contributed by atoms with van der Waals surface area (Å²) in [6, 6.07) is 5.83. The summed E-state index contributed by atoms with van der Waals surface area (Å²) in [5, 5.41) is 0. The Morgan fingerprint density at radius 2 is 2.13 bits per heavy atom. The Balaban J connectivity index is 1.99. The molecule has 1 aromatic heterocycles. The van der Waals surface area contributed by atoms with Crippen molar-refractivity contribution in [3.63, 3.8) is 0 Å². The third-order valence-electron chi connectivity index (χ3n) is 3.15. The van der Waals surface area contributed by atoms with Crippen LogP contribution in [-0.2, 0) is 6.42 Å². The molecule has 1 fully saturated rings. The Morgan fingerprint density at radius 3 is 2.73 bits per heavy atom. The lowest BCUT2D eigenvalue weighted by molar-refractivity contribution is 0.0984. The molecule has 1 aliphatic rings. The minimum atomic E-state index is -1.08. The molecule has 0 aliphatic heterocycles. The minimum Gasteiger partial charge on any atom is -0.328 e. The lowest BCUT2D eigenvalue weighted by Crippen LogP contribution is -2.37. The molecule has 2 nitrogen and oxygen atoms in total. The van der Waals surface area contributed by atoms with E-state index < -0.39 is 5.67 Å². The van der Waals surface area contributed by atoms with Gasteiger partial charge in [0.1, 0.15) is 5.67 Å². The highest BCUT2D eigenvalue weighted by Gasteiger charge is 2.34. The van der Waals surface area contributed by atoms with E-state index in [1.807, 2.05) is 18.2 Å². The van der Waals surface area contributed by atoms with Gasteiger partial charge in [-0.15, -0.1) is 0 Å². The Morgan fingerprint density at radius 1 is 1.40 bits per heavy atom. The average molecular weight is 208 g/mol. The second kappa shape index (κ2) is 4.27. The normalized spacial score (nSPS) is 31.5. The fraction of sp³-hybridized carbons (Fsp3) is 0.583. The Bertz CT molecular complexity index is 305. The molecule has 2 rings (SSSR count). The summed E-state index contributed by atoms with van der Waals surface area (Å²) in [4.78, 5) is 4.17. The van der Waals surface area contributed by atoms with E-state index >= 15 is 0 Å². The van der Waals surface area contributed by atoms with E-state index in [4.69, 9.17) is 5.73 Å². The molecule has 0 radical (unpaired) electrons. The first-order chi connectivity index (χ1) is 7.18. The zero-order valence-corrected chi connectivity index (χ0v) is 8.82. The SMILES string of the molecule is NC1CCC(F)(Cc2ccccn2)CC1. The molecule has 2 N–H and O–H groups in total. The second-order valence-corrected chi connectivity index (χ2v) is 4.49. The van der Waals surface area contributed by atoms with Gasteiger partial charge in [0.2, 0.25) is 0 Å². The summed E-state index contributed by atoms with van der Waals surface area (Å²) in [6.45, 7) is 0. The van der Waals surface area contributed by atoms with Crippen molar-refractivity contribution in [1.82, 2.24) is 4.98 Å². The molecule has 0 bridgehead atoms. The van der Waals surface area contributed by atoms with Crippen molar-refractivity contribution < 1.29 is 4.39 Å². The van der Waals surface area contributed by atoms with Gasteiger partial charge in [-0.05, 0) is 37.8 Å². The third kappa shape index (κ3) is 2.75. The van der Waals surface area contributed by atoms with Crippen molar-refractivity contribution in [1.29, 1.82) is 0 Å². The van der Waals surface area contributed by atoms with E-state index in [9.17, 15) is 4.39 Å². The van der Waals surface area contributed by atoms with E-state index in [-0.39, 0.29) is 6.04 Å². The van der Waals surface area contributed by atoms with Gasteiger partial charge in [-0.2, -0.15) is 0 Å². The number of aromatic nitrogens is 1. The molecular weight excluding hydrogens is 191 g/mol. The van der Waals surface area contributed by atoms with Crippen LogP contribution >= 0.6 is 0 Å². The number of hydrogen-bond donors (Lipinski definition) is 1. The highest BCUT2D eigenvalue weighted by atomic mass is 19.1. The number of halogens is 1. The average Bonchev–Trinajstić information content (AvgIpc) is 2.24. The molecule has 1 heterocycles. The zero-order chi connectivity index (χ0) is 10.7. The van der Waals surface area contributed by atoms with Gasteiger partial charge in [0, 0.05) is 24.4 Å². The van der Waals surface area contributed by atoms with E-state index in [0.29, 0.717) is 19.3 Å². The number of hydrogen-bond acceptors (Lipinski definition) is 2. The quantitative estimate of drug-likeness (QED) is 0.809. The summed E-state index contributed by atoms with van der Waals surface area (Å²) in [5.74, 6) is 0. The number of alkyl halides is 1. The van der Waals surface area contributed by atoms with Crippen LogP contribution in [0.4, 0.5) is 4.39 Å². The van der Waals surface area contributed by atoms with E-state index in [2.05, 4.69) is 4.98 Å². The highest BCUT2D eigenvalue weighted by Crippen LogP contribution is 2.33. The Labute approximate surface area is 89.7 Å². The van der Waals surface area contributed by atoms with Crippen LogP contribution in [0.3, 0.4) is 0 Å². The van der Waals surface area contributed by atoms with Gasteiger partial charge < -0.3 is 5.73 Å². The molecule has 0 aromatic carbocycles. The first-order valence-corrected chi connectivity index (χ1v) is 5.52. The van der Waals surface area contributed by atoms with E-state index in [1.54, 1.807) is 6.20 Å². The van der Waals surface area contributed by atoms with Gasteiger partial charge in [0.25, 0.3) is 0 Å². The predicted octanol–water partition coefficient (Wildman–Crippen LogP) is 2.23. The fourth-order valence-electron chi connectivity index (χ4n) is 2.16. The van der Waals surface area contributed by atoms with Crippen molar-refractivity contribution in [3.05, 3.63) is 30.1 Å². The van der Waals surface area contributed by atoms with Gasteiger partial charge in [0.15, 0.2) is 0 Å². The molecular formula is C12H17FN2. The Hall–Kier alpha value is -0.960. The third-order valence-corrected chi connectivity index (χ3v) is 3.15. The maximum Gasteiger partial charge on any atom is 0.116 e. The molecule has 1 aliphatic carbocycles. The van der Waals surface area contributed by atoms with Crippen molar-refractivity contribution >= 4 is 0 Å². The van der Waals surface area contributed by atoms with Crippen LogP contribution in [0, 0.1) is 0 Å². The van der Waals surface area contributed by atoms with Crippen molar-refractivity contribution in [2.45, 2.75) is 43.8 Å². The summed E-state index contributed by atoms with van der Waals surface area (Å²) >= 11 is 0. The molecule has 1 saturated carbocycles. The number of rotatable bonds is 2. The minimum absolute atomic E-state index is 0.192. The summed E-state index contributed by atoms with van der Waals surface area (Å²) in [5.41, 5.74) is 5.53. The van der Waals surface area contributed by atoms with Gasteiger partial charge in [-0.25, -0.2) is 4.39 Å². The standard InChI is InChI=1S/C12H17FN2/c13-12(6-4-10(14)5-7-12)9-11-3-1-2-8-15-11/h1-3,8,10H,4-7,9,14H2. The van der Waals surface area contributed by atoms with Gasteiger partial charge in [-0.3, -0.25) is 4.98 Å². The molecule has 0 unspecified atom stereocenters. The van der Waals surface area contributed by atoms with Gasteiger partial charge >= 0.3 is 0 Å². The molecule has 15 heavy (non-hydrogen) atoms. The number of pyridine rings is 1. The van der Waals surface area contributed by atoms with Crippen LogP contribution in [0.5, 0.6) is 0 Å². The smallest absolute Gasteiger partial charge is 0.116 e.